The van der Waals surface area contributed by atoms with Gasteiger partial charge in [0.25, 0.3) is 10.0 Å². The van der Waals surface area contributed by atoms with Crippen LogP contribution in [0.3, 0.4) is 0 Å². The van der Waals surface area contributed by atoms with Gasteiger partial charge < -0.3 is 19.4 Å². The number of carboxylic acid groups (broad SMARTS) is 1. The summed E-state index contributed by atoms with van der Waals surface area (Å²) in [5.74, 6) is -0.914. The predicted molar refractivity (Wildman–Crippen MR) is 85.9 cm³/mol. The zero-order valence-electron chi connectivity index (χ0n) is 13.3. The lowest BCUT2D eigenvalue weighted by Crippen LogP contribution is -2.23. The van der Waals surface area contributed by atoms with Crippen LogP contribution in [-0.2, 0) is 10.0 Å². The van der Waals surface area contributed by atoms with Crippen LogP contribution in [0.5, 0.6) is 11.5 Å². The number of ether oxygens (including phenoxy) is 2. The molecule has 0 bridgehead atoms. The van der Waals surface area contributed by atoms with E-state index < -0.39 is 16.0 Å². The van der Waals surface area contributed by atoms with E-state index in [2.05, 4.69) is 4.72 Å². The fourth-order valence-electron chi connectivity index (χ4n) is 2.05. The second-order valence-corrected chi connectivity index (χ2v) is 6.59. The second-order valence-electron chi connectivity index (χ2n) is 4.94. The molecule has 0 saturated heterocycles. The number of carbonyl (C=O) groups is 1. The lowest BCUT2D eigenvalue weighted by Gasteiger charge is -2.15. The van der Waals surface area contributed by atoms with Crippen molar-refractivity contribution in [1.29, 1.82) is 0 Å². The van der Waals surface area contributed by atoms with Crippen molar-refractivity contribution >= 4 is 21.7 Å². The van der Waals surface area contributed by atoms with Crippen molar-refractivity contribution in [3.8, 4) is 11.5 Å². The number of anilines is 1. The molecule has 0 aliphatic heterocycles. The molecule has 0 amide bonds. The van der Waals surface area contributed by atoms with Gasteiger partial charge in [0.2, 0.25) is 0 Å². The van der Waals surface area contributed by atoms with E-state index in [9.17, 15) is 18.3 Å². The number of sulfonamides is 1. The lowest BCUT2D eigenvalue weighted by atomic mass is 10.1. The molecule has 7 nitrogen and oxygen atoms in total. The monoisotopic (exact) mass is 350 g/mol. The Morgan fingerprint density at radius 1 is 1.08 bits per heavy atom. The van der Waals surface area contributed by atoms with E-state index in [1.807, 2.05) is 0 Å². The van der Waals surface area contributed by atoms with Crippen LogP contribution in [-0.4, -0.2) is 28.6 Å². The largest absolute Gasteiger partial charge is 0.545 e. The third-order valence-corrected chi connectivity index (χ3v) is 4.76. The van der Waals surface area contributed by atoms with Crippen LogP contribution in [0.1, 0.15) is 15.9 Å². The maximum absolute atomic E-state index is 12.7. The Labute approximate surface area is 139 Å². The topological polar surface area (TPSA) is 105 Å². The van der Waals surface area contributed by atoms with E-state index >= 15 is 0 Å². The molecule has 0 radical (unpaired) electrons. The summed E-state index contributed by atoms with van der Waals surface area (Å²) in [5, 5.41) is 11.0. The predicted octanol–water partition coefficient (Wildman–Crippen LogP) is 1.18. The second kappa shape index (κ2) is 6.79. The van der Waals surface area contributed by atoms with Crippen molar-refractivity contribution in [1.82, 2.24) is 0 Å². The van der Waals surface area contributed by atoms with Gasteiger partial charge in [-0.2, -0.15) is 0 Å². The molecule has 0 heterocycles. The third kappa shape index (κ3) is 3.60. The Balaban J connectivity index is 2.49. The number of aromatic carboxylic acids is 1. The molecule has 0 saturated carbocycles. The van der Waals surface area contributed by atoms with Crippen molar-refractivity contribution in [2.45, 2.75) is 11.8 Å². The quantitative estimate of drug-likeness (QED) is 0.839. The Morgan fingerprint density at radius 3 is 2.38 bits per heavy atom. The highest BCUT2D eigenvalue weighted by Gasteiger charge is 2.21. The van der Waals surface area contributed by atoms with Crippen LogP contribution >= 0.6 is 0 Å². The molecule has 24 heavy (non-hydrogen) atoms. The zero-order valence-corrected chi connectivity index (χ0v) is 14.1. The first kappa shape index (κ1) is 17.6. The smallest absolute Gasteiger partial charge is 0.265 e. The van der Waals surface area contributed by atoms with Gasteiger partial charge >= 0.3 is 0 Å². The highest BCUT2D eigenvalue weighted by molar-refractivity contribution is 7.92. The summed E-state index contributed by atoms with van der Waals surface area (Å²) in [5.41, 5.74) is 0.572. The number of nitrogens with one attached hydrogen (secondary N) is 1. The van der Waals surface area contributed by atoms with Crippen molar-refractivity contribution in [2.24, 2.45) is 0 Å². The van der Waals surface area contributed by atoms with Crippen molar-refractivity contribution in [3.63, 3.8) is 0 Å². The van der Waals surface area contributed by atoms with Gasteiger partial charge in [-0.05, 0) is 36.2 Å². The summed E-state index contributed by atoms with van der Waals surface area (Å²) in [6, 6.07) is 8.39. The minimum Gasteiger partial charge on any atom is -0.545 e. The number of hydrogen-bond acceptors (Lipinski definition) is 6. The first-order valence-electron chi connectivity index (χ1n) is 6.85. The molecule has 0 fully saturated rings. The van der Waals surface area contributed by atoms with Gasteiger partial charge in [-0.1, -0.05) is 12.1 Å². The maximum atomic E-state index is 12.7. The van der Waals surface area contributed by atoms with E-state index in [1.54, 1.807) is 13.0 Å². The van der Waals surface area contributed by atoms with Crippen molar-refractivity contribution in [3.05, 3.63) is 47.5 Å². The first-order chi connectivity index (χ1) is 11.3. The Hall–Kier alpha value is -2.74. The van der Waals surface area contributed by atoms with Crippen LogP contribution in [0.2, 0.25) is 0 Å². The fourth-order valence-corrected chi connectivity index (χ4v) is 3.36. The maximum Gasteiger partial charge on any atom is 0.265 e. The van der Waals surface area contributed by atoms with Gasteiger partial charge in [-0.25, -0.2) is 8.42 Å². The van der Waals surface area contributed by atoms with Crippen LogP contribution in [0, 0.1) is 6.92 Å². The number of carbonyl (C=O) groups excluding carboxylic acids is 1. The number of methoxy groups -OCH3 is 2. The van der Waals surface area contributed by atoms with Crippen molar-refractivity contribution < 1.29 is 27.8 Å². The standard InChI is InChI=1S/C16H17NO6S/c1-10-4-5-11(16(18)19)8-13(10)17-24(20,21)15-9-12(22-2)6-7-14(15)23-3/h4-9,17H,1-3H3,(H,18,19)/p-1. The van der Waals surface area contributed by atoms with E-state index in [1.165, 1.54) is 44.6 Å². The first-order valence-corrected chi connectivity index (χ1v) is 8.33. The summed E-state index contributed by atoms with van der Waals surface area (Å²) in [4.78, 5) is 10.8. The van der Waals surface area contributed by atoms with Gasteiger partial charge in [0.15, 0.2) is 0 Å². The molecule has 128 valence electrons. The number of carboxylic acids is 1. The minimum atomic E-state index is -4.02. The minimum absolute atomic E-state index is 0.123. The molecule has 2 rings (SSSR count). The molecule has 2 aromatic carbocycles. The van der Waals surface area contributed by atoms with Crippen LogP contribution in [0.25, 0.3) is 0 Å². The van der Waals surface area contributed by atoms with Gasteiger partial charge in [0.05, 0.1) is 25.9 Å². The van der Waals surface area contributed by atoms with Crippen LogP contribution in [0.15, 0.2) is 41.3 Å². The molecule has 0 atom stereocenters. The molecule has 0 aliphatic carbocycles. The average Bonchev–Trinajstić information content (AvgIpc) is 2.55. The molecule has 0 unspecified atom stereocenters. The van der Waals surface area contributed by atoms with Gasteiger partial charge in [-0.3, -0.25) is 4.72 Å². The van der Waals surface area contributed by atoms with Gasteiger partial charge in [-0.15, -0.1) is 0 Å². The van der Waals surface area contributed by atoms with E-state index in [0.717, 1.165) is 0 Å². The summed E-state index contributed by atoms with van der Waals surface area (Å²) < 4.78 is 37.8. The summed E-state index contributed by atoms with van der Waals surface area (Å²) in [6.07, 6.45) is 0. The highest BCUT2D eigenvalue weighted by atomic mass is 32.2. The molecule has 1 N–H and O–H groups in total. The third-order valence-electron chi connectivity index (χ3n) is 3.38. The SMILES string of the molecule is COc1ccc(OC)c(S(=O)(=O)Nc2cc(C(=O)[O-])ccc2C)c1. The summed E-state index contributed by atoms with van der Waals surface area (Å²) in [7, 11) is -1.26. The van der Waals surface area contributed by atoms with E-state index in [0.29, 0.717) is 11.3 Å². The Morgan fingerprint density at radius 2 is 1.79 bits per heavy atom. The molecule has 2 aromatic rings. The highest BCUT2D eigenvalue weighted by Crippen LogP contribution is 2.30. The van der Waals surface area contributed by atoms with E-state index in [-0.39, 0.29) is 21.9 Å². The fraction of sp³-hybridized carbons (Fsp3) is 0.188. The van der Waals surface area contributed by atoms with Gasteiger partial charge in [0.1, 0.15) is 16.4 Å². The van der Waals surface area contributed by atoms with Gasteiger partial charge in [0, 0.05) is 6.07 Å². The lowest BCUT2D eigenvalue weighted by molar-refractivity contribution is -0.255. The zero-order chi connectivity index (χ0) is 17.9. The number of benzene rings is 2. The van der Waals surface area contributed by atoms with Crippen molar-refractivity contribution in [2.75, 3.05) is 18.9 Å². The van der Waals surface area contributed by atoms with E-state index in [4.69, 9.17) is 9.47 Å². The normalized spacial score (nSPS) is 11.0. The molecule has 8 heteroatoms. The molecule has 0 aliphatic rings. The summed E-state index contributed by atoms with van der Waals surface area (Å²) in [6.45, 7) is 1.65. The van der Waals surface area contributed by atoms with Crippen LogP contribution < -0.4 is 19.3 Å². The molecular formula is C16H16NO6S-. The Kier molecular flexibility index (Phi) is 4.99. The Bertz CT molecular complexity index is 876. The number of aryl methyl sites for hydroxylation is 1. The van der Waals surface area contributed by atoms with Crippen LogP contribution in [0.4, 0.5) is 5.69 Å². The summed E-state index contributed by atoms with van der Waals surface area (Å²) >= 11 is 0. The number of rotatable bonds is 6. The molecule has 0 spiro atoms. The molecular weight excluding hydrogens is 334 g/mol. The average molecular weight is 350 g/mol. The number of hydrogen-bond donors (Lipinski definition) is 1. The molecule has 0 aromatic heterocycles.